The summed E-state index contributed by atoms with van der Waals surface area (Å²) in [7, 11) is 0. The number of hydrogen-bond acceptors (Lipinski definition) is 3. The molecule has 1 unspecified atom stereocenters. The lowest BCUT2D eigenvalue weighted by atomic mass is 10.0. The molecule has 0 spiro atoms. The van der Waals surface area contributed by atoms with Crippen molar-refractivity contribution in [2.45, 2.75) is 31.7 Å². The first kappa shape index (κ1) is 19.6. The van der Waals surface area contributed by atoms with Gasteiger partial charge in [-0.05, 0) is 43.6 Å². The van der Waals surface area contributed by atoms with E-state index in [9.17, 15) is 9.59 Å². The van der Waals surface area contributed by atoms with Crippen molar-refractivity contribution < 1.29 is 9.59 Å². The van der Waals surface area contributed by atoms with Gasteiger partial charge in [-0.25, -0.2) is 0 Å². The van der Waals surface area contributed by atoms with Crippen LogP contribution >= 0.6 is 11.6 Å². The van der Waals surface area contributed by atoms with Crippen LogP contribution in [-0.2, 0) is 4.79 Å². The molecule has 1 saturated heterocycles. The summed E-state index contributed by atoms with van der Waals surface area (Å²) in [6.07, 6.45) is 2.77. The Kier molecular flexibility index (Phi) is 7.02. The zero-order chi connectivity index (χ0) is 19.1. The van der Waals surface area contributed by atoms with Crippen molar-refractivity contribution in [3.8, 4) is 0 Å². The second-order valence-corrected chi connectivity index (χ2v) is 7.34. The van der Waals surface area contributed by atoms with Crippen molar-refractivity contribution in [3.05, 3.63) is 70.7 Å². The molecule has 0 radical (unpaired) electrons. The third kappa shape index (κ3) is 5.65. The summed E-state index contributed by atoms with van der Waals surface area (Å²) in [4.78, 5) is 26.9. The van der Waals surface area contributed by atoms with E-state index in [0.717, 1.165) is 13.1 Å². The number of halogens is 1. The lowest BCUT2D eigenvalue weighted by molar-refractivity contribution is -0.121. The minimum absolute atomic E-state index is 0.0631. The smallest absolute Gasteiger partial charge is 0.220 e. The van der Waals surface area contributed by atoms with Gasteiger partial charge in [-0.15, -0.1) is 0 Å². The van der Waals surface area contributed by atoms with Gasteiger partial charge in [-0.3, -0.25) is 14.5 Å². The lowest BCUT2D eigenvalue weighted by Gasteiger charge is -2.28. The number of carbonyl (C=O) groups is 2. The Labute approximate surface area is 165 Å². The van der Waals surface area contributed by atoms with Crippen molar-refractivity contribution in [1.29, 1.82) is 0 Å². The number of nitrogens with zero attached hydrogens (tertiary/aromatic N) is 1. The number of hydrogen-bond donors (Lipinski definition) is 1. The molecule has 4 nitrogen and oxygen atoms in total. The fraction of sp³-hybridized carbons (Fsp3) is 0.364. The Bertz CT molecular complexity index is 773. The highest BCUT2D eigenvalue weighted by Crippen LogP contribution is 2.24. The monoisotopic (exact) mass is 384 g/mol. The highest BCUT2D eigenvalue weighted by Gasteiger charge is 2.23. The van der Waals surface area contributed by atoms with Crippen LogP contribution in [0.15, 0.2) is 54.6 Å². The van der Waals surface area contributed by atoms with Gasteiger partial charge in [0.2, 0.25) is 5.91 Å². The van der Waals surface area contributed by atoms with E-state index < -0.39 is 0 Å². The van der Waals surface area contributed by atoms with E-state index in [-0.39, 0.29) is 30.6 Å². The summed E-state index contributed by atoms with van der Waals surface area (Å²) in [5, 5.41) is 3.55. The fourth-order valence-electron chi connectivity index (χ4n) is 3.52. The molecule has 142 valence electrons. The first-order chi connectivity index (χ1) is 13.1. The van der Waals surface area contributed by atoms with Crippen molar-refractivity contribution in [2.75, 3.05) is 19.6 Å². The van der Waals surface area contributed by atoms with Gasteiger partial charge in [0, 0.05) is 30.0 Å². The van der Waals surface area contributed by atoms with Gasteiger partial charge in [0.15, 0.2) is 5.78 Å². The fourth-order valence-corrected chi connectivity index (χ4v) is 3.71. The number of rotatable bonds is 8. The number of benzene rings is 2. The summed E-state index contributed by atoms with van der Waals surface area (Å²) in [6, 6.07) is 17.3. The van der Waals surface area contributed by atoms with Crippen LogP contribution in [-0.4, -0.2) is 36.2 Å². The van der Waals surface area contributed by atoms with Gasteiger partial charge in [-0.1, -0.05) is 54.1 Å². The van der Waals surface area contributed by atoms with Crippen molar-refractivity contribution in [1.82, 2.24) is 10.2 Å². The van der Waals surface area contributed by atoms with Crippen LogP contribution in [0, 0.1) is 0 Å². The first-order valence-corrected chi connectivity index (χ1v) is 9.86. The van der Waals surface area contributed by atoms with Crippen LogP contribution in [0.2, 0.25) is 5.02 Å². The van der Waals surface area contributed by atoms with Gasteiger partial charge in [0.1, 0.15) is 0 Å². The Balaban J connectivity index is 1.52. The van der Waals surface area contributed by atoms with Gasteiger partial charge in [0.05, 0.1) is 6.04 Å². The van der Waals surface area contributed by atoms with Crippen molar-refractivity contribution >= 4 is 23.3 Å². The molecular formula is C22H25ClN2O2. The largest absolute Gasteiger partial charge is 0.354 e. The third-order valence-corrected chi connectivity index (χ3v) is 5.22. The molecule has 0 saturated carbocycles. The van der Waals surface area contributed by atoms with E-state index in [2.05, 4.69) is 22.3 Å². The Morgan fingerprint density at radius 1 is 1.00 bits per heavy atom. The van der Waals surface area contributed by atoms with Gasteiger partial charge < -0.3 is 5.32 Å². The van der Waals surface area contributed by atoms with Crippen LogP contribution in [0.5, 0.6) is 0 Å². The maximum absolute atomic E-state index is 12.3. The molecule has 1 aliphatic heterocycles. The highest BCUT2D eigenvalue weighted by atomic mass is 35.5. The predicted octanol–water partition coefficient (Wildman–Crippen LogP) is 4.26. The number of amides is 1. The second-order valence-electron chi connectivity index (χ2n) is 6.91. The quantitative estimate of drug-likeness (QED) is 0.692. The molecule has 27 heavy (non-hydrogen) atoms. The molecule has 1 atom stereocenters. The number of likely N-dealkylation sites (tertiary alicyclic amines) is 1. The molecule has 0 aliphatic carbocycles. The van der Waals surface area contributed by atoms with Crippen molar-refractivity contribution in [3.63, 3.8) is 0 Å². The average molecular weight is 385 g/mol. The molecule has 1 aliphatic rings. The number of ketones is 1. The summed E-state index contributed by atoms with van der Waals surface area (Å²) in [5.41, 5.74) is 1.77. The summed E-state index contributed by atoms with van der Waals surface area (Å²) in [6.45, 7) is 2.68. The summed E-state index contributed by atoms with van der Waals surface area (Å²) >= 11 is 5.92. The van der Waals surface area contributed by atoms with E-state index in [1.807, 2.05) is 18.2 Å². The first-order valence-electron chi connectivity index (χ1n) is 9.48. The van der Waals surface area contributed by atoms with Gasteiger partial charge in [-0.2, -0.15) is 0 Å². The normalized spacial score (nSPS) is 15.4. The highest BCUT2D eigenvalue weighted by molar-refractivity contribution is 6.31. The molecule has 0 bridgehead atoms. The van der Waals surface area contributed by atoms with Crippen LogP contribution in [0.25, 0.3) is 0 Å². The lowest BCUT2D eigenvalue weighted by Crippen LogP contribution is -2.36. The second kappa shape index (κ2) is 9.67. The van der Waals surface area contributed by atoms with Crippen LogP contribution in [0.1, 0.15) is 47.6 Å². The van der Waals surface area contributed by atoms with Gasteiger partial charge >= 0.3 is 0 Å². The number of Topliss-reactive ketones (excluding diaryl/α,β-unsaturated/α-hetero) is 1. The predicted molar refractivity (Wildman–Crippen MR) is 108 cm³/mol. The van der Waals surface area contributed by atoms with Crippen LogP contribution < -0.4 is 5.32 Å². The maximum atomic E-state index is 12.3. The average Bonchev–Trinajstić information content (AvgIpc) is 3.21. The minimum Gasteiger partial charge on any atom is -0.354 e. The van der Waals surface area contributed by atoms with Gasteiger partial charge in [0.25, 0.3) is 0 Å². The Morgan fingerprint density at radius 3 is 2.44 bits per heavy atom. The summed E-state index contributed by atoms with van der Waals surface area (Å²) in [5.74, 6) is -0.155. The van der Waals surface area contributed by atoms with E-state index in [0.29, 0.717) is 17.1 Å². The topological polar surface area (TPSA) is 49.4 Å². The molecule has 3 rings (SSSR count). The van der Waals surface area contributed by atoms with Crippen LogP contribution in [0.3, 0.4) is 0 Å². The van der Waals surface area contributed by atoms with Crippen LogP contribution in [0.4, 0.5) is 0 Å². The molecule has 2 aromatic rings. The number of nitrogens with one attached hydrogen (secondary N) is 1. The Hall–Kier alpha value is -2.17. The molecule has 0 aromatic heterocycles. The zero-order valence-electron chi connectivity index (χ0n) is 15.4. The number of carbonyl (C=O) groups excluding carboxylic acids is 2. The molecule has 1 heterocycles. The zero-order valence-corrected chi connectivity index (χ0v) is 16.1. The standard InChI is InChI=1S/C22H25ClN2O2/c23-19-10-6-9-18(15-19)21(26)11-12-22(27)24-16-20(25-13-4-5-14-25)17-7-2-1-3-8-17/h1-3,6-10,15,20H,4-5,11-14,16H2,(H,24,27). The molecule has 2 aromatic carbocycles. The van der Waals surface area contributed by atoms with E-state index in [1.54, 1.807) is 24.3 Å². The molecule has 1 fully saturated rings. The van der Waals surface area contributed by atoms with E-state index >= 15 is 0 Å². The molecule has 5 heteroatoms. The molecular weight excluding hydrogens is 360 g/mol. The van der Waals surface area contributed by atoms with E-state index in [1.165, 1.54) is 18.4 Å². The third-order valence-electron chi connectivity index (χ3n) is 4.98. The Morgan fingerprint density at radius 2 is 1.74 bits per heavy atom. The van der Waals surface area contributed by atoms with Crippen molar-refractivity contribution in [2.24, 2.45) is 0 Å². The maximum Gasteiger partial charge on any atom is 0.220 e. The molecule has 1 N–H and O–H groups in total. The minimum atomic E-state index is -0.0921. The summed E-state index contributed by atoms with van der Waals surface area (Å²) < 4.78 is 0. The molecule has 1 amide bonds. The van der Waals surface area contributed by atoms with E-state index in [4.69, 9.17) is 11.6 Å². The SMILES string of the molecule is O=C(CCC(=O)c1cccc(Cl)c1)NCC(c1ccccc1)N1CCCC1.